The molecule has 0 atom stereocenters. The Morgan fingerprint density at radius 2 is 1.76 bits per heavy atom. The van der Waals surface area contributed by atoms with Gasteiger partial charge in [0.25, 0.3) is 0 Å². The molecule has 0 aromatic heterocycles. The highest BCUT2D eigenvalue weighted by Gasteiger charge is 2.07. The molecule has 2 aromatic carbocycles. The van der Waals surface area contributed by atoms with Crippen molar-refractivity contribution in [3.63, 3.8) is 0 Å². The summed E-state index contributed by atoms with van der Waals surface area (Å²) in [6, 6.07) is 13.9. The fraction of sp³-hybridized carbons (Fsp3) is 0.143. The number of benzene rings is 2. The number of nitrogens with zero attached hydrogens (tertiary/aromatic N) is 1. The van der Waals surface area contributed by atoms with Gasteiger partial charge in [-0.3, -0.25) is 0 Å². The maximum absolute atomic E-state index is 5.94. The van der Waals surface area contributed by atoms with E-state index in [1.165, 1.54) is 0 Å². The van der Waals surface area contributed by atoms with Gasteiger partial charge in [0.05, 0.1) is 10.7 Å². The van der Waals surface area contributed by atoms with E-state index in [0.29, 0.717) is 10.7 Å². The second-order valence-corrected chi connectivity index (χ2v) is 4.56. The summed E-state index contributed by atoms with van der Waals surface area (Å²) in [6.45, 7) is 0. The molecule has 2 rings (SSSR count). The molecule has 3 heteroatoms. The number of nitrogen functional groups attached to an aromatic ring is 1. The second kappa shape index (κ2) is 4.68. The van der Waals surface area contributed by atoms with Gasteiger partial charge in [0, 0.05) is 25.3 Å². The Labute approximate surface area is 107 Å². The molecule has 0 unspecified atom stereocenters. The molecule has 17 heavy (non-hydrogen) atoms. The highest BCUT2D eigenvalue weighted by Crippen LogP contribution is 2.32. The zero-order valence-electron chi connectivity index (χ0n) is 9.94. The van der Waals surface area contributed by atoms with Crippen molar-refractivity contribution in [3.8, 4) is 11.1 Å². The molecule has 0 saturated carbocycles. The quantitative estimate of drug-likeness (QED) is 0.820. The molecule has 2 nitrogen and oxygen atoms in total. The lowest BCUT2D eigenvalue weighted by atomic mass is 10.0. The zero-order valence-corrected chi connectivity index (χ0v) is 10.7. The number of hydrogen-bond acceptors (Lipinski definition) is 2. The molecule has 0 radical (unpaired) electrons. The van der Waals surface area contributed by atoms with Crippen LogP contribution in [0.3, 0.4) is 0 Å². The van der Waals surface area contributed by atoms with E-state index in [4.69, 9.17) is 17.3 Å². The Morgan fingerprint density at radius 1 is 1.06 bits per heavy atom. The molecule has 0 saturated heterocycles. The molecule has 88 valence electrons. The molecular formula is C14H15ClN2. The fourth-order valence-electron chi connectivity index (χ4n) is 1.82. The number of anilines is 2. The standard InChI is InChI=1S/C14H15ClN2/c1-17(2)14-6-4-3-5-11(14)10-7-8-12(15)13(16)9-10/h3-9H,16H2,1-2H3. The van der Waals surface area contributed by atoms with Crippen molar-refractivity contribution in [1.82, 2.24) is 0 Å². The van der Waals surface area contributed by atoms with E-state index in [-0.39, 0.29) is 0 Å². The van der Waals surface area contributed by atoms with Crippen LogP contribution >= 0.6 is 11.6 Å². The number of hydrogen-bond donors (Lipinski definition) is 1. The lowest BCUT2D eigenvalue weighted by Crippen LogP contribution is -2.09. The van der Waals surface area contributed by atoms with Crippen LogP contribution < -0.4 is 10.6 Å². The van der Waals surface area contributed by atoms with E-state index in [0.717, 1.165) is 16.8 Å². The SMILES string of the molecule is CN(C)c1ccccc1-c1ccc(Cl)c(N)c1. The Balaban J connectivity index is 2.56. The molecule has 0 bridgehead atoms. The molecule has 0 aliphatic heterocycles. The maximum atomic E-state index is 5.94. The van der Waals surface area contributed by atoms with Gasteiger partial charge in [-0.05, 0) is 23.8 Å². The summed E-state index contributed by atoms with van der Waals surface area (Å²) in [5, 5.41) is 0.594. The molecule has 0 heterocycles. The summed E-state index contributed by atoms with van der Waals surface area (Å²) < 4.78 is 0. The first kappa shape index (κ1) is 11.8. The number of nitrogens with two attached hydrogens (primary N) is 1. The minimum atomic E-state index is 0.594. The molecular weight excluding hydrogens is 232 g/mol. The Hall–Kier alpha value is -1.67. The van der Waals surface area contributed by atoms with Crippen LogP contribution in [0.1, 0.15) is 0 Å². The molecule has 0 aliphatic carbocycles. The summed E-state index contributed by atoms with van der Waals surface area (Å²) in [6.07, 6.45) is 0. The monoisotopic (exact) mass is 246 g/mol. The van der Waals surface area contributed by atoms with Gasteiger partial charge in [-0.25, -0.2) is 0 Å². The summed E-state index contributed by atoms with van der Waals surface area (Å²) in [4.78, 5) is 2.08. The zero-order chi connectivity index (χ0) is 12.4. The van der Waals surface area contributed by atoms with Crippen molar-refractivity contribution < 1.29 is 0 Å². The van der Waals surface area contributed by atoms with Gasteiger partial charge in [0.1, 0.15) is 0 Å². The van der Waals surface area contributed by atoms with Crippen molar-refractivity contribution in [3.05, 3.63) is 47.5 Å². The lowest BCUT2D eigenvalue weighted by molar-refractivity contribution is 1.13. The molecule has 2 N–H and O–H groups in total. The summed E-state index contributed by atoms with van der Waals surface area (Å²) in [5.74, 6) is 0. The van der Waals surface area contributed by atoms with Crippen LogP contribution in [0, 0.1) is 0 Å². The van der Waals surface area contributed by atoms with Crippen LogP contribution in [0.25, 0.3) is 11.1 Å². The first-order valence-electron chi connectivity index (χ1n) is 5.41. The first-order chi connectivity index (χ1) is 8.09. The number of para-hydroxylation sites is 1. The van der Waals surface area contributed by atoms with Crippen molar-refractivity contribution in [1.29, 1.82) is 0 Å². The highest BCUT2D eigenvalue weighted by molar-refractivity contribution is 6.33. The predicted molar refractivity (Wildman–Crippen MR) is 75.6 cm³/mol. The van der Waals surface area contributed by atoms with Crippen molar-refractivity contribution in [2.45, 2.75) is 0 Å². The molecule has 0 amide bonds. The predicted octanol–water partition coefficient (Wildman–Crippen LogP) is 3.66. The lowest BCUT2D eigenvalue weighted by Gasteiger charge is -2.17. The maximum Gasteiger partial charge on any atom is 0.0635 e. The Kier molecular flexibility index (Phi) is 3.25. The van der Waals surface area contributed by atoms with E-state index in [1.807, 2.05) is 44.4 Å². The normalized spacial score (nSPS) is 10.3. The van der Waals surface area contributed by atoms with E-state index in [2.05, 4.69) is 17.0 Å². The van der Waals surface area contributed by atoms with Crippen LogP contribution in [0.4, 0.5) is 11.4 Å². The van der Waals surface area contributed by atoms with Crippen LogP contribution in [-0.4, -0.2) is 14.1 Å². The van der Waals surface area contributed by atoms with Crippen LogP contribution in [0.2, 0.25) is 5.02 Å². The van der Waals surface area contributed by atoms with Crippen molar-refractivity contribution in [2.75, 3.05) is 24.7 Å². The van der Waals surface area contributed by atoms with Gasteiger partial charge in [-0.15, -0.1) is 0 Å². The van der Waals surface area contributed by atoms with Gasteiger partial charge in [0.2, 0.25) is 0 Å². The van der Waals surface area contributed by atoms with E-state index in [1.54, 1.807) is 0 Å². The third-order valence-electron chi connectivity index (χ3n) is 2.69. The van der Waals surface area contributed by atoms with Gasteiger partial charge in [-0.1, -0.05) is 35.9 Å². The molecule has 0 spiro atoms. The Morgan fingerprint density at radius 3 is 2.41 bits per heavy atom. The number of rotatable bonds is 2. The topological polar surface area (TPSA) is 29.3 Å². The molecule has 2 aromatic rings. The van der Waals surface area contributed by atoms with Gasteiger partial charge < -0.3 is 10.6 Å². The van der Waals surface area contributed by atoms with Crippen molar-refractivity contribution in [2.24, 2.45) is 0 Å². The van der Waals surface area contributed by atoms with Gasteiger partial charge in [0.15, 0.2) is 0 Å². The minimum Gasteiger partial charge on any atom is -0.398 e. The average Bonchev–Trinajstić information content (AvgIpc) is 2.32. The van der Waals surface area contributed by atoms with Gasteiger partial charge in [-0.2, -0.15) is 0 Å². The third kappa shape index (κ3) is 2.37. The Bertz CT molecular complexity index is 535. The van der Waals surface area contributed by atoms with E-state index in [9.17, 15) is 0 Å². The molecule has 0 fully saturated rings. The average molecular weight is 247 g/mol. The van der Waals surface area contributed by atoms with Crippen LogP contribution in [-0.2, 0) is 0 Å². The minimum absolute atomic E-state index is 0.594. The number of halogens is 1. The van der Waals surface area contributed by atoms with Crippen LogP contribution in [0.5, 0.6) is 0 Å². The van der Waals surface area contributed by atoms with Gasteiger partial charge >= 0.3 is 0 Å². The first-order valence-corrected chi connectivity index (χ1v) is 5.79. The van der Waals surface area contributed by atoms with Crippen LogP contribution in [0.15, 0.2) is 42.5 Å². The summed E-state index contributed by atoms with van der Waals surface area (Å²) in [5.41, 5.74) is 9.84. The largest absolute Gasteiger partial charge is 0.398 e. The second-order valence-electron chi connectivity index (χ2n) is 4.15. The third-order valence-corrected chi connectivity index (χ3v) is 3.04. The molecule has 0 aliphatic rings. The summed E-state index contributed by atoms with van der Waals surface area (Å²) in [7, 11) is 4.05. The van der Waals surface area contributed by atoms with Crippen molar-refractivity contribution >= 4 is 23.0 Å². The summed E-state index contributed by atoms with van der Waals surface area (Å²) >= 11 is 5.94. The van der Waals surface area contributed by atoms with E-state index < -0.39 is 0 Å². The van der Waals surface area contributed by atoms with E-state index >= 15 is 0 Å². The fourth-order valence-corrected chi connectivity index (χ4v) is 1.94. The highest BCUT2D eigenvalue weighted by atomic mass is 35.5. The smallest absolute Gasteiger partial charge is 0.0635 e.